The molecule has 3 rings (SSSR count). The highest BCUT2D eigenvalue weighted by Crippen LogP contribution is 2.27. The molecule has 2 saturated heterocycles. The second kappa shape index (κ2) is 8.72. The van der Waals surface area contributed by atoms with Crippen LogP contribution in [0.15, 0.2) is 30.3 Å². The molecule has 0 aromatic heterocycles. The standard InChI is InChI=1S/C22H35N3O2/c1-22(2,3)16-23-21(27)20-13-19(26)15-25(20)18-9-11-24(12-10-18)14-17-7-5-4-6-8-17/h4-8,18-20,26H,9-16H2,1-3H3,(H,23,27)/t19-,20+/m1/s1. The van der Waals surface area contributed by atoms with Crippen LogP contribution in [0.5, 0.6) is 0 Å². The first-order valence-electron chi connectivity index (χ1n) is 10.3. The fourth-order valence-corrected chi connectivity index (χ4v) is 4.22. The van der Waals surface area contributed by atoms with E-state index in [2.05, 4.69) is 66.2 Å². The van der Waals surface area contributed by atoms with Gasteiger partial charge in [-0.1, -0.05) is 51.1 Å². The van der Waals surface area contributed by atoms with Gasteiger partial charge < -0.3 is 10.4 Å². The Hall–Kier alpha value is -1.43. The number of carbonyl (C=O) groups is 1. The molecule has 1 aromatic rings. The molecule has 1 aromatic carbocycles. The minimum Gasteiger partial charge on any atom is -0.392 e. The number of β-amino-alcohol motifs (C(OH)–C–C–N with tert-alkyl or cyclic N) is 1. The summed E-state index contributed by atoms with van der Waals surface area (Å²) < 4.78 is 0. The summed E-state index contributed by atoms with van der Waals surface area (Å²) in [5.41, 5.74) is 1.42. The predicted molar refractivity (Wildman–Crippen MR) is 108 cm³/mol. The first-order valence-corrected chi connectivity index (χ1v) is 10.3. The molecule has 5 heteroatoms. The third kappa shape index (κ3) is 5.77. The SMILES string of the molecule is CC(C)(C)CNC(=O)[C@@H]1C[C@@H](O)CN1C1CCN(Cc2ccccc2)CC1. The Morgan fingerprint density at radius 2 is 1.85 bits per heavy atom. The van der Waals surface area contributed by atoms with Crippen LogP contribution in [0, 0.1) is 5.41 Å². The lowest BCUT2D eigenvalue weighted by Crippen LogP contribution is -2.52. The molecule has 150 valence electrons. The highest BCUT2D eigenvalue weighted by molar-refractivity contribution is 5.82. The van der Waals surface area contributed by atoms with Crippen molar-refractivity contribution in [2.24, 2.45) is 5.41 Å². The second-order valence-corrected chi connectivity index (χ2v) is 9.37. The summed E-state index contributed by atoms with van der Waals surface area (Å²) in [7, 11) is 0. The molecule has 0 spiro atoms. The van der Waals surface area contributed by atoms with Gasteiger partial charge in [-0.05, 0) is 43.3 Å². The number of hydrogen-bond acceptors (Lipinski definition) is 4. The number of benzene rings is 1. The van der Waals surface area contributed by atoms with Gasteiger partial charge in [-0.15, -0.1) is 0 Å². The van der Waals surface area contributed by atoms with Gasteiger partial charge in [-0.25, -0.2) is 0 Å². The van der Waals surface area contributed by atoms with Crippen LogP contribution in [0.25, 0.3) is 0 Å². The number of aliphatic hydroxyl groups excluding tert-OH is 1. The Labute approximate surface area is 163 Å². The van der Waals surface area contributed by atoms with Crippen molar-refractivity contribution in [2.75, 3.05) is 26.2 Å². The normalized spacial score (nSPS) is 25.6. The van der Waals surface area contributed by atoms with Crippen molar-refractivity contribution in [3.05, 3.63) is 35.9 Å². The number of hydrogen-bond donors (Lipinski definition) is 2. The molecule has 2 fully saturated rings. The van der Waals surface area contributed by atoms with E-state index in [0.29, 0.717) is 25.6 Å². The number of piperidine rings is 1. The largest absolute Gasteiger partial charge is 0.392 e. The molecule has 0 aliphatic carbocycles. The fourth-order valence-electron chi connectivity index (χ4n) is 4.22. The fraction of sp³-hybridized carbons (Fsp3) is 0.682. The lowest BCUT2D eigenvalue weighted by Gasteiger charge is -2.39. The van der Waals surface area contributed by atoms with Crippen molar-refractivity contribution in [1.29, 1.82) is 0 Å². The van der Waals surface area contributed by atoms with E-state index < -0.39 is 6.10 Å². The Bertz CT molecular complexity index is 606. The molecule has 0 bridgehead atoms. The summed E-state index contributed by atoms with van der Waals surface area (Å²) in [5, 5.41) is 13.3. The zero-order chi connectivity index (χ0) is 19.4. The van der Waals surface area contributed by atoms with E-state index in [-0.39, 0.29) is 17.4 Å². The number of amides is 1. The highest BCUT2D eigenvalue weighted by atomic mass is 16.3. The Morgan fingerprint density at radius 3 is 2.48 bits per heavy atom. The van der Waals surface area contributed by atoms with E-state index in [4.69, 9.17) is 0 Å². The first-order chi connectivity index (χ1) is 12.8. The number of likely N-dealkylation sites (tertiary alicyclic amines) is 2. The van der Waals surface area contributed by atoms with Gasteiger partial charge in [0.2, 0.25) is 5.91 Å². The lowest BCUT2D eigenvalue weighted by atomic mass is 9.96. The van der Waals surface area contributed by atoms with Crippen molar-refractivity contribution in [1.82, 2.24) is 15.1 Å². The quantitative estimate of drug-likeness (QED) is 0.831. The van der Waals surface area contributed by atoms with Gasteiger partial charge in [0, 0.05) is 25.7 Å². The molecule has 1 amide bonds. The molecule has 0 radical (unpaired) electrons. The first kappa shape index (κ1) is 20.3. The Balaban J connectivity index is 1.53. The third-order valence-corrected chi connectivity index (χ3v) is 5.69. The van der Waals surface area contributed by atoms with E-state index in [1.807, 2.05) is 0 Å². The average Bonchev–Trinajstić information content (AvgIpc) is 3.02. The topological polar surface area (TPSA) is 55.8 Å². The van der Waals surface area contributed by atoms with Crippen molar-refractivity contribution in [3.8, 4) is 0 Å². The smallest absolute Gasteiger partial charge is 0.237 e. The number of rotatable bonds is 5. The molecule has 2 heterocycles. The second-order valence-electron chi connectivity index (χ2n) is 9.37. The van der Waals surface area contributed by atoms with Crippen molar-refractivity contribution in [3.63, 3.8) is 0 Å². The Morgan fingerprint density at radius 1 is 1.19 bits per heavy atom. The zero-order valence-corrected chi connectivity index (χ0v) is 17.0. The molecule has 5 nitrogen and oxygen atoms in total. The Kier molecular flexibility index (Phi) is 6.56. The van der Waals surface area contributed by atoms with Crippen molar-refractivity contribution >= 4 is 5.91 Å². The van der Waals surface area contributed by atoms with Crippen LogP contribution in [0.1, 0.15) is 45.6 Å². The van der Waals surface area contributed by atoms with Gasteiger partial charge in [-0.3, -0.25) is 14.6 Å². The summed E-state index contributed by atoms with van der Waals surface area (Å²) in [6.07, 6.45) is 2.28. The number of aliphatic hydroxyl groups is 1. The van der Waals surface area contributed by atoms with Crippen LogP contribution in [0.2, 0.25) is 0 Å². The summed E-state index contributed by atoms with van der Waals surface area (Å²) in [6.45, 7) is 10.7. The third-order valence-electron chi connectivity index (χ3n) is 5.69. The summed E-state index contributed by atoms with van der Waals surface area (Å²) in [6, 6.07) is 10.8. The maximum absolute atomic E-state index is 12.7. The van der Waals surface area contributed by atoms with Gasteiger partial charge in [0.05, 0.1) is 12.1 Å². The van der Waals surface area contributed by atoms with E-state index in [9.17, 15) is 9.90 Å². The molecule has 0 unspecified atom stereocenters. The molecule has 0 saturated carbocycles. The number of nitrogens with zero attached hydrogens (tertiary/aromatic N) is 2. The molecule has 2 aliphatic rings. The van der Waals surface area contributed by atoms with Crippen LogP contribution in [0.3, 0.4) is 0 Å². The number of nitrogens with one attached hydrogen (secondary N) is 1. The summed E-state index contributed by atoms with van der Waals surface area (Å²) >= 11 is 0. The minimum absolute atomic E-state index is 0.0699. The maximum atomic E-state index is 12.7. The molecule has 2 aliphatic heterocycles. The van der Waals surface area contributed by atoms with E-state index >= 15 is 0 Å². The molecule has 2 atom stereocenters. The van der Waals surface area contributed by atoms with Crippen molar-refractivity contribution in [2.45, 2.75) is 64.8 Å². The highest BCUT2D eigenvalue weighted by Gasteiger charge is 2.40. The van der Waals surface area contributed by atoms with E-state index in [0.717, 1.165) is 32.5 Å². The van der Waals surface area contributed by atoms with Crippen LogP contribution in [0.4, 0.5) is 0 Å². The van der Waals surface area contributed by atoms with Gasteiger partial charge in [-0.2, -0.15) is 0 Å². The van der Waals surface area contributed by atoms with E-state index in [1.165, 1.54) is 5.56 Å². The van der Waals surface area contributed by atoms with Crippen LogP contribution >= 0.6 is 0 Å². The van der Waals surface area contributed by atoms with Crippen LogP contribution in [-0.4, -0.2) is 65.2 Å². The maximum Gasteiger partial charge on any atom is 0.237 e. The monoisotopic (exact) mass is 373 g/mol. The van der Waals surface area contributed by atoms with E-state index in [1.54, 1.807) is 0 Å². The minimum atomic E-state index is -0.391. The average molecular weight is 374 g/mol. The van der Waals surface area contributed by atoms with Crippen LogP contribution in [-0.2, 0) is 11.3 Å². The summed E-state index contributed by atoms with van der Waals surface area (Å²) in [4.78, 5) is 17.5. The predicted octanol–water partition coefficient (Wildman–Crippen LogP) is 2.25. The van der Waals surface area contributed by atoms with Crippen molar-refractivity contribution < 1.29 is 9.90 Å². The lowest BCUT2D eigenvalue weighted by molar-refractivity contribution is -0.127. The van der Waals surface area contributed by atoms with Gasteiger partial charge >= 0.3 is 0 Å². The van der Waals surface area contributed by atoms with Gasteiger partial charge in [0.25, 0.3) is 0 Å². The zero-order valence-electron chi connectivity index (χ0n) is 17.0. The summed E-state index contributed by atoms with van der Waals surface area (Å²) in [5.74, 6) is 0.0770. The molecule has 2 N–H and O–H groups in total. The van der Waals surface area contributed by atoms with Gasteiger partial charge in [0.15, 0.2) is 0 Å². The molecular weight excluding hydrogens is 338 g/mol. The molecular formula is C22H35N3O2. The van der Waals surface area contributed by atoms with Gasteiger partial charge in [0.1, 0.15) is 0 Å². The van der Waals surface area contributed by atoms with Crippen LogP contribution < -0.4 is 5.32 Å². The molecule has 27 heavy (non-hydrogen) atoms. The number of carbonyl (C=O) groups excluding carboxylic acids is 1.